The highest BCUT2D eigenvalue weighted by Crippen LogP contribution is 2.40. The van der Waals surface area contributed by atoms with E-state index < -0.39 is 0 Å². The zero-order valence-electron chi connectivity index (χ0n) is 8.07. The van der Waals surface area contributed by atoms with Crippen LogP contribution in [-0.4, -0.2) is 17.4 Å². The van der Waals surface area contributed by atoms with E-state index in [2.05, 4.69) is 0 Å². The summed E-state index contributed by atoms with van der Waals surface area (Å²) < 4.78 is 0. The van der Waals surface area contributed by atoms with Crippen LogP contribution in [0.5, 0.6) is 5.75 Å². The Balaban J connectivity index is 2.32. The first-order valence-electron chi connectivity index (χ1n) is 4.97. The monoisotopic (exact) mass is 209 g/mol. The molecule has 76 valence electrons. The van der Waals surface area contributed by atoms with E-state index in [1.165, 1.54) is 22.6 Å². The molecule has 0 bridgehead atoms. The zero-order chi connectivity index (χ0) is 9.97. The number of aromatic hydroxyl groups is 1. The van der Waals surface area contributed by atoms with Crippen molar-refractivity contribution in [3.05, 3.63) is 23.8 Å². The summed E-state index contributed by atoms with van der Waals surface area (Å²) in [5.41, 5.74) is 6.87. The molecule has 1 atom stereocenters. The molecule has 3 heteroatoms. The Hall–Kier alpha value is -0.670. The number of benzene rings is 1. The van der Waals surface area contributed by atoms with Crippen molar-refractivity contribution in [1.29, 1.82) is 0 Å². The number of nitrogens with two attached hydrogens (primary N) is 1. The maximum Gasteiger partial charge on any atom is 0.115 e. The van der Waals surface area contributed by atoms with Gasteiger partial charge in [-0.2, -0.15) is 0 Å². The second-order valence-electron chi connectivity index (χ2n) is 3.63. The Kier molecular flexibility index (Phi) is 2.99. The first kappa shape index (κ1) is 9.87. The van der Waals surface area contributed by atoms with Gasteiger partial charge in [0, 0.05) is 4.90 Å². The van der Waals surface area contributed by atoms with Crippen LogP contribution in [0.3, 0.4) is 0 Å². The van der Waals surface area contributed by atoms with Gasteiger partial charge in [0.1, 0.15) is 5.75 Å². The van der Waals surface area contributed by atoms with Crippen LogP contribution in [0.25, 0.3) is 0 Å². The summed E-state index contributed by atoms with van der Waals surface area (Å²) in [6.07, 6.45) is 2.20. The molecular formula is C11H15NOS. The molecule has 2 nitrogen and oxygen atoms in total. The minimum Gasteiger partial charge on any atom is -0.508 e. The summed E-state index contributed by atoms with van der Waals surface area (Å²) in [7, 11) is 0. The molecule has 1 aromatic rings. The third-order valence-electron chi connectivity index (χ3n) is 2.67. The van der Waals surface area contributed by atoms with E-state index in [9.17, 15) is 5.11 Å². The first-order chi connectivity index (χ1) is 6.81. The van der Waals surface area contributed by atoms with Crippen LogP contribution >= 0.6 is 11.8 Å². The summed E-state index contributed by atoms with van der Waals surface area (Å²) in [5.74, 6) is 2.08. The van der Waals surface area contributed by atoms with E-state index in [0.29, 0.717) is 11.7 Å². The van der Waals surface area contributed by atoms with Crippen LogP contribution in [-0.2, 0) is 0 Å². The first-order valence-corrected chi connectivity index (χ1v) is 5.95. The van der Waals surface area contributed by atoms with Gasteiger partial charge in [0.25, 0.3) is 0 Å². The molecule has 0 aromatic heterocycles. The van der Waals surface area contributed by atoms with Crippen LogP contribution in [0.1, 0.15) is 24.3 Å². The van der Waals surface area contributed by atoms with Crippen molar-refractivity contribution in [2.24, 2.45) is 5.73 Å². The number of fused-ring (bicyclic) bond motifs is 1. The molecule has 0 radical (unpaired) electrons. The van der Waals surface area contributed by atoms with Gasteiger partial charge in [-0.3, -0.25) is 0 Å². The lowest BCUT2D eigenvalue weighted by Crippen LogP contribution is -2.12. The average molecular weight is 209 g/mol. The minimum absolute atomic E-state index is 0.369. The number of thioether (sulfide) groups is 1. The third kappa shape index (κ3) is 1.88. The number of hydrogen-bond acceptors (Lipinski definition) is 3. The second kappa shape index (κ2) is 4.24. The molecule has 1 aliphatic heterocycles. The van der Waals surface area contributed by atoms with Crippen molar-refractivity contribution in [2.75, 3.05) is 12.3 Å². The molecule has 0 aliphatic carbocycles. The molecule has 0 amide bonds. The molecule has 0 saturated heterocycles. The molecule has 14 heavy (non-hydrogen) atoms. The number of hydrogen-bond donors (Lipinski definition) is 2. The van der Waals surface area contributed by atoms with Crippen molar-refractivity contribution < 1.29 is 5.11 Å². The standard InChI is InChI=1S/C11H15NOS/c12-5-3-8-4-6-14-11-2-1-9(13)7-10(8)11/h1-2,7-8,13H,3-6,12H2. The SMILES string of the molecule is NCCC1CCSc2ccc(O)cc21. The van der Waals surface area contributed by atoms with Crippen LogP contribution in [0.15, 0.2) is 23.1 Å². The van der Waals surface area contributed by atoms with E-state index in [-0.39, 0.29) is 0 Å². The molecule has 0 fully saturated rings. The summed E-state index contributed by atoms with van der Waals surface area (Å²) in [6, 6.07) is 5.66. The fourth-order valence-corrected chi connectivity index (χ4v) is 3.13. The quantitative estimate of drug-likeness (QED) is 0.785. The predicted molar refractivity (Wildman–Crippen MR) is 59.9 cm³/mol. The lowest BCUT2D eigenvalue weighted by atomic mass is 9.92. The van der Waals surface area contributed by atoms with Crippen molar-refractivity contribution in [3.63, 3.8) is 0 Å². The van der Waals surface area contributed by atoms with Gasteiger partial charge in [-0.25, -0.2) is 0 Å². The van der Waals surface area contributed by atoms with Crippen LogP contribution in [0.4, 0.5) is 0 Å². The average Bonchev–Trinajstić information content (AvgIpc) is 2.19. The minimum atomic E-state index is 0.369. The van der Waals surface area contributed by atoms with Gasteiger partial charge in [-0.05, 0) is 54.8 Å². The fraction of sp³-hybridized carbons (Fsp3) is 0.455. The van der Waals surface area contributed by atoms with Gasteiger partial charge >= 0.3 is 0 Å². The molecule has 2 rings (SSSR count). The number of phenolic OH excluding ortho intramolecular Hbond substituents is 1. The van der Waals surface area contributed by atoms with Crippen LogP contribution in [0.2, 0.25) is 0 Å². The highest BCUT2D eigenvalue weighted by atomic mass is 32.2. The van der Waals surface area contributed by atoms with E-state index in [0.717, 1.165) is 13.0 Å². The van der Waals surface area contributed by atoms with Crippen molar-refractivity contribution >= 4 is 11.8 Å². The zero-order valence-corrected chi connectivity index (χ0v) is 8.89. The Labute approximate surface area is 88.5 Å². The summed E-state index contributed by atoms with van der Waals surface area (Å²) in [6.45, 7) is 0.727. The van der Waals surface area contributed by atoms with Crippen molar-refractivity contribution in [3.8, 4) is 5.75 Å². The van der Waals surface area contributed by atoms with E-state index in [4.69, 9.17) is 5.73 Å². The largest absolute Gasteiger partial charge is 0.508 e. The smallest absolute Gasteiger partial charge is 0.115 e. The molecule has 0 saturated carbocycles. The Morgan fingerprint density at radius 3 is 3.14 bits per heavy atom. The lowest BCUT2D eigenvalue weighted by Gasteiger charge is -2.24. The van der Waals surface area contributed by atoms with E-state index in [1.807, 2.05) is 23.9 Å². The van der Waals surface area contributed by atoms with Gasteiger partial charge in [0.2, 0.25) is 0 Å². The summed E-state index contributed by atoms with van der Waals surface area (Å²) >= 11 is 1.88. The second-order valence-corrected chi connectivity index (χ2v) is 4.77. The molecule has 1 unspecified atom stereocenters. The Bertz CT molecular complexity index is 327. The highest BCUT2D eigenvalue weighted by molar-refractivity contribution is 7.99. The molecular weight excluding hydrogens is 194 g/mol. The molecule has 0 spiro atoms. The third-order valence-corrected chi connectivity index (χ3v) is 3.79. The van der Waals surface area contributed by atoms with Gasteiger partial charge < -0.3 is 10.8 Å². The lowest BCUT2D eigenvalue weighted by molar-refractivity contribution is 0.471. The maximum atomic E-state index is 9.43. The Morgan fingerprint density at radius 2 is 2.36 bits per heavy atom. The van der Waals surface area contributed by atoms with E-state index >= 15 is 0 Å². The molecule has 1 aromatic carbocycles. The maximum absolute atomic E-state index is 9.43. The summed E-state index contributed by atoms with van der Waals surface area (Å²) in [5, 5.41) is 9.43. The normalized spacial score (nSPS) is 20.5. The van der Waals surface area contributed by atoms with Crippen LogP contribution < -0.4 is 5.73 Å². The fourth-order valence-electron chi connectivity index (χ4n) is 1.95. The van der Waals surface area contributed by atoms with Gasteiger partial charge in [-0.15, -0.1) is 11.8 Å². The summed E-state index contributed by atoms with van der Waals surface area (Å²) in [4.78, 5) is 1.31. The number of rotatable bonds is 2. The predicted octanol–water partition coefficient (Wildman–Crippen LogP) is 2.32. The molecule has 3 N–H and O–H groups in total. The molecule has 1 aliphatic rings. The Morgan fingerprint density at radius 1 is 1.50 bits per heavy atom. The van der Waals surface area contributed by atoms with Gasteiger partial charge in [0.05, 0.1) is 0 Å². The van der Waals surface area contributed by atoms with Crippen molar-refractivity contribution in [2.45, 2.75) is 23.7 Å². The van der Waals surface area contributed by atoms with Crippen molar-refractivity contribution in [1.82, 2.24) is 0 Å². The molecule has 1 heterocycles. The van der Waals surface area contributed by atoms with Gasteiger partial charge in [0.15, 0.2) is 0 Å². The van der Waals surface area contributed by atoms with Crippen LogP contribution in [0, 0.1) is 0 Å². The highest BCUT2D eigenvalue weighted by Gasteiger charge is 2.20. The number of phenols is 1. The van der Waals surface area contributed by atoms with E-state index in [1.54, 1.807) is 6.07 Å². The van der Waals surface area contributed by atoms with Gasteiger partial charge in [-0.1, -0.05) is 0 Å². The topological polar surface area (TPSA) is 46.2 Å².